The molecule has 6 N–H and O–H groups in total. The van der Waals surface area contributed by atoms with Crippen LogP contribution in [0.3, 0.4) is 0 Å². The van der Waals surface area contributed by atoms with Gasteiger partial charge in [-0.1, -0.05) is 36.4 Å². The van der Waals surface area contributed by atoms with Crippen LogP contribution >= 0.6 is 11.3 Å². The Bertz CT molecular complexity index is 2210. The molecule has 0 fully saturated rings. The van der Waals surface area contributed by atoms with Crippen LogP contribution in [0.25, 0.3) is 32.9 Å². The zero-order valence-electron chi connectivity index (χ0n) is 31.2. The molecule has 9 aromatic rings. The predicted octanol–water partition coefficient (Wildman–Crippen LogP) is 11.0. The third kappa shape index (κ3) is 9.80. The van der Waals surface area contributed by atoms with Crippen LogP contribution in [0.5, 0.6) is 17.2 Å². The maximum Gasteiger partial charge on any atom is 0.175 e. The summed E-state index contributed by atoms with van der Waals surface area (Å²) in [5.74, 6) is 2.97. The fourth-order valence-corrected chi connectivity index (χ4v) is 7.03. The number of rotatable bonds is 15. The van der Waals surface area contributed by atoms with Gasteiger partial charge < -0.3 is 53.5 Å². The molecule has 9 rings (SSSR count). The first kappa shape index (κ1) is 39.1. The standard InChI is InChI=1S/2C15H15NO3.C15H15NO2S/c16-8-6-13(12-5-2-9-17-12)19-14-4-1-3-11-7-10-18-15(11)14;16-7-4-13(12-5-8-17-10-12)19-14-3-1-2-11-6-9-18-15(11)14;16-7-4-13(12-6-9-19-10-12)18-14-3-1-2-11-5-8-17-15(11)14/h1-5,7,9-10,13H,6,8,16H2;2*1-3,5-6,8-10,13H,4,7,16H2/t3*13-/m000/s1. The van der Waals surface area contributed by atoms with Gasteiger partial charge in [-0.25, -0.2) is 0 Å². The van der Waals surface area contributed by atoms with Crippen molar-refractivity contribution in [3.8, 4) is 17.2 Å². The molecule has 6 heterocycles. The summed E-state index contributed by atoms with van der Waals surface area (Å²) in [5, 5.41) is 7.24. The van der Waals surface area contributed by atoms with E-state index in [4.69, 9.17) is 53.5 Å². The number of hydrogen-bond acceptors (Lipinski definition) is 12. The van der Waals surface area contributed by atoms with Crippen molar-refractivity contribution in [2.24, 2.45) is 17.2 Å². The van der Waals surface area contributed by atoms with E-state index in [9.17, 15) is 0 Å². The summed E-state index contributed by atoms with van der Waals surface area (Å²) in [6.07, 6.45) is 11.8. The van der Waals surface area contributed by atoms with Crippen molar-refractivity contribution in [1.29, 1.82) is 0 Å². The molecule has 57 heavy (non-hydrogen) atoms. The van der Waals surface area contributed by atoms with Crippen molar-refractivity contribution in [2.75, 3.05) is 19.6 Å². The maximum atomic E-state index is 6.10. The summed E-state index contributed by atoms with van der Waals surface area (Å²) >= 11 is 1.67. The number of hydrogen-bond donors (Lipinski definition) is 3. The first-order valence-corrected chi connectivity index (χ1v) is 19.7. The molecule has 0 saturated carbocycles. The third-order valence-electron chi connectivity index (χ3n) is 9.11. The van der Waals surface area contributed by atoms with Crippen LogP contribution in [-0.2, 0) is 0 Å². The highest BCUT2D eigenvalue weighted by molar-refractivity contribution is 7.08. The SMILES string of the molecule is NCC[C@H](Oc1cccc2ccoc12)c1ccco1.NCC[C@H](Oc1cccc2ccoc12)c1ccoc1.NCC[C@H](Oc1cccc2ccoc12)c1ccsc1. The number of benzene rings is 3. The van der Waals surface area contributed by atoms with Crippen LogP contribution in [0.1, 0.15) is 54.5 Å². The number of ether oxygens (including phenoxy) is 3. The second-order valence-corrected chi connectivity index (χ2v) is 13.7. The summed E-state index contributed by atoms with van der Waals surface area (Å²) in [7, 11) is 0. The molecule has 0 radical (unpaired) electrons. The molecule has 0 saturated heterocycles. The van der Waals surface area contributed by atoms with E-state index in [1.54, 1.807) is 48.9 Å². The van der Waals surface area contributed by atoms with E-state index in [0.29, 0.717) is 31.8 Å². The zero-order chi connectivity index (χ0) is 39.2. The molecule has 0 spiro atoms. The van der Waals surface area contributed by atoms with Gasteiger partial charge in [0.25, 0.3) is 0 Å². The fraction of sp³-hybridized carbons (Fsp3) is 0.200. The average Bonchev–Trinajstić information content (AvgIpc) is 4.09. The third-order valence-corrected chi connectivity index (χ3v) is 9.81. The van der Waals surface area contributed by atoms with Crippen molar-refractivity contribution < 1.29 is 36.3 Å². The number of furan rings is 5. The van der Waals surface area contributed by atoms with Gasteiger partial charge in [0.2, 0.25) is 0 Å². The molecule has 0 bridgehead atoms. The minimum absolute atomic E-state index is 0.0213. The van der Waals surface area contributed by atoms with Gasteiger partial charge in [0.1, 0.15) is 18.0 Å². The van der Waals surface area contributed by atoms with Gasteiger partial charge in [-0.05, 0) is 91.1 Å². The molecule has 12 heteroatoms. The van der Waals surface area contributed by atoms with Crippen molar-refractivity contribution in [1.82, 2.24) is 0 Å². The monoisotopic (exact) mass is 787 g/mol. The van der Waals surface area contributed by atoms with E-state index >= 15 is 0 Å². The highest BCUT2D eigenvalue weighted by atomic mass is 32.1. The lowest BCUT2D eigenvalue weighted by Crippen LogP contribution is -2.12. The lowest BCUT2D eigenvalue weighted by Gasteiger charge is -2.17. The number of thiophene rings is 1. The number of para-hydroxylation sites is 3. The number of fused-ring (bicyclic) bond motifs is 3. The first-order valence-electron chi connectivity index (χ1n) is 18.7. The van der Waals surface area contributed by atoms with Gasteiger partial charge in [0.05, 0.1) is 37.6 Å². The molecule has 0 aliphatic heterocycles. The van der Waals surface area contributed by atoms with E-state index in [0.717, 1.165) is 68.6 Å². The van der Waals surface area contributed by atoms with Gasteiger partial charge >= 0.3 is 0 Å². The topological polar surface area (TPSA) is 171 Å². The Morgan fingerprint density at radius 1 is 0.474 bits per heavy atom. The van der Waals surface area contributed by atoms with Crippen molar-refractivity contribution in [2.45, 2.75) is 37.6 Å². The van der Waals surface area contributed by atoms with Crippen LogP contribution < -0.4 is 31.4 Å². The summed E-state index contributed by atoms with van der Waals surface area (Å²) in [6, 6.07) is 31.0. The maximum absolute atomic E-state index is 6.10. The molecule has 6 aromatic heterocycles. The summed E-state index contributed by atoms with van der Waals surface area (Å²) < 4.78 is 45.1. The first-order chi connectivity index (χ1) is 28.1. The number of nitrogens with two attached hydrogens (primary N) is 3. The van der Waals surface area contributed by atoms with Crippen molar-refractivity contribution in [3.63, 3.8) is 0 Å². The molecule has 3 atom stereocenters. The highest BCUT2D eigenvalue weighted by Crippen LogP contribution is 2.34. The molecule has 11 nitrogen and oxygen atoms in total. The minimum Gasteiger partial charge on any atom is -0.482 e. The summed E-state index contributed by atoms with van der Waals surface area (Å²) in [6.45, 7) is 1.66. The molecular formula is C45H45N3O8S. The average molecular weight is 788 g/mol. The van der Waals surface area contributed by atoms with Crippen LogP contribution in [0, 0.1) is 0 Å². The smallest absolute Gasteiger partial charge is 0.175 e. The van der Waals surface area contributed by atoms with Crippen LogP contribution in [0.2, 0.25) is 0 Å². The van der Waals surface area contributed by atoms with Crippen molar-refractivity contribution in [3.05, 3.63) is 162 Å². The molecule has 0 aliphatic rings. The Hall–Kier alpha value is -6.18. The Labute approximate surface area is 333 Å². The van der Waals surface area contributed by atoms with E-state index in [-0.39, 0.29) is 18.3 Å². The Morgan fingerprint density at radius 3 is 1.42 bits per heavy atom. The van der Waals surface area contributed by atoms with Gasteiger partial charge in [-0.2, -0.15) is 11.3 Å². The lowest BCUT2D eigenvalue weighted by molar-refractivity contribution is 0.169. The van der Waals surface area contributed by atoms with Gasteiger partial charge in [-0.3, -0.25) is 0 Å². The normalized spacial score (nSPS) is 12.7. The van der Waals surface area contributed by atoms with E-state index in [1.165, 1.54) is 5.56 Å². The Morgan fingerprint density at radius 2 is 0.982 bits per heavy atom. The summed E-state index contributed by atoms with van der Waals surface area (Å²) in [5.41, 5.74) is 21.4. The van der Waals surface area contributed by atoms with Crippen LogP contribution in [0.15, 0.2) is 167 Å². The second-order valence-electron chi connectivity index (χ2n) is 13.0. The quantitative estimate of drug-likeness (QED) is 0.0902. The second kappa shape index (κ2) is 19.6. The Kier molecular flexibility index (Phi) is 13.4. The van der Waals surface area contributed by atoms with Crippen LogP contribution in [-0.4, -0.2) is 19.6 Å². The van der Waals surface area contributed by atoms with Gasteiger partial charge in [0.15, 0.2) is 40.1 Å². The lowest BCUT2D eigenvalue weighted by atomic mass is 10.1. The summed E-state index contributed by atoms with van der Waals surface area (Å²) in [4.78, 5) is 0. The zero-order valence-corrected chi connectivity index (χ0v) is 32.1. The molecular weight excluding hydrogens is 743 g/mol. The molecule has 294 valence electrons. The largest absolute Gasteiger partial charge is 0.482 e. The molecule has 0 unspecified atom stereocenters. The fourth-order valence-electron chi connectivity index (χ4n) is 6.33. The van der Waals surface area contributed by atoms with Crippen molar-refractivity contribution >= 4 is 44.2 Å². The van der Waals surface area contributed by atoms with Gasteiger partial charge in [-0.15, -0.1) is 0 Å². The highest BCUT2D eigenvalue weighted by Gasteiger charge is 2.19. The minimum atomic E-state index is -0.198. The predicted molar refractivity (Wildman–Crippen MR) is 221 cm³/mol. The molecule has 3 aromatic carbocycles. The van der Waals surface area contributed by atoms with E-state index in [2.05, 4.69) is 16.8 Å². The van der Waals surface area contributed by atoms with E-state index < -0.39 is 0 Å². The molecule has 0 aliphatic carbocycles. The van der Waals surface area contributed by atoms with E-state index in [1.807, 2.05) is 91.0 Å². The van der Waals surface area contributed by atoms with Gasteiger partial charge in [0, 0.05) is 46.5 Å². The Balaban J connectivity index is 0.000000131. The molecule has 0 amide bonds. The van der Waals surface area contributed by atoms with Crippen LogP contribution in [0.4, 0.5) is 0 Å².